The molecule has 0 aliphatic heterocycles. The first-order chi connectivity index (χ1) is 8.24. The highest BCUT2D eigenvalue weighted by atomic mass is 16.5. The molecule has 0 bridgehead atoms. The Morgan fingerprint density at radius 3 is 2.76 bits per heavy atom. The van der Waals surface area contributed by atoms with E-state index in [9.17, 15) is 9.59 Å². The molecule has 1 atom stereocenters. The lowest BCUT2D eigenvalue weighted by Crippen LogP contribution is -2.31. The maximum atomic E-state index is 12.3. The van der Waals surface area contributed by atoms with E-state index < -0.39 is 5.92 Å². The Balaban J connectivity index is 2.14. The topological polar surface area (TPSA) is 43.4 Å². The normalized spacial score (nSPS) is 25.2. The predicted octanol–water partition coefficient (Wildman–Crippen LogP) is 2.79. The maximum Gasteiger partial charge on any atom is 0.316 e. The first-order valence-corrected chi connectivity index (χ1v) is 6.65. The molecule has 0 aromatic heterocycles. The summed E-state index contributed by atoms with van der Waals surface area (Å²) in [4.78, 5) is 24.0. The second kappa shape index (κ2) is 5.48. The molecule has 17 heavy (non-hydrogen) atoms. The summed E-state index contributed by atoms with van der Waals surface area (Å²) in [5.74, 6) is -0.799. The van der Waals surface area contributed by atoms with Crippen LogP contribution in [0.1, 0.15) is 51.9 Å². The lowest BCUT2D eigenvalue weighted by molar-refractivity contribution is -0.151. The van der Waals surface area contributed by atoms with E-state index in [0.29, 0.717) is 13.0 Å². The van der Waals surface area contributed by atoms with Crippen molar-refractivity contribution in [3.63, 3.8) is 0 Å². The summed E-state index contributed by atoms with van der Waals surface area (Å²) < 4.78 is 4.98. The van der Waals surface area contributed by atoms with Crippen molar-refractivity contribution in [1.82, 2.24) is 0 Å². The van der Waals surface area contributed by atoms with Gasteiger partial charge in [-0.2, -0.15) is 0 Å². The first-order valence-electron chi connectivity index (χ1n) is 6.65. The molecule has 2 rings (SSSR count). The molecule has 1 unspecified atom stereocenters. The quantitative estimate of drug-likeness (QED) is 0.547. The largest absolute Gasteiger partial charge is 0.465 e. The fourth-order valence-electron chi connectivity index (χ4n) is 2.85. The number of allylic oxidation sites excluding steroid dienone is 2. The van der Waals surface area contributed by atoms with Gasteiger partial charge in [0, 0.05) is 0 Å². The highest BCUT2D eigenvalue weighted by Gasteiger charge is 2.35. The van der Waals surface area contributed by atoms with Gasteiger partial charge in [-0.1, -0.05) is 12.0 Å². The Morgan fingerprint density at radius 1 is 1.24 bits per heavy atom. The van der Waals surface area contributed by atoms with Gasteiger partial charge in [-0.3, -0.25) is 9.59 Å². The van der Waals surface area contributed by atoms with Gasteiger partial charge in [0.25, 0.3) is 0 Å². The van der Waals surface area contributed by atoms with Crippen LogP contribution in [-0.4, -0.2) is 18.4 Å². The van der Waals surface area contributed by atoms with Crippen molar-refractivity contribution in [3.8, 4) is 0 Å². The number of hydrogen-bond donors (Lipinski definition) is 0. The Bertz CT molecular complexity index is 354. The molecule has 0 fully saturated rings. The summed E-state index contributed by atoms with van der Waals surface area (Å²) in [6.07, 6.45) is 6.95. The molecule has 0 spiro atoms. The number of hydrogen-bond acceptors (Lipinski definition) is 3. The van der Waals surface area contributed by atoms with Crippen molar-refractivity contribution >= 4 is 11.8 Å². The van der Waals surface area contributed by atoms with E-state index in [1.165, 1.54) is 18.4 Å². The van der Waals surface area contributed by atoms with Crippen molar-refractivity contribution in [2.75, 3.05) is 6.61 Å². The molecule has 0 saturated carbocycles. The highest BCUT2D eigenvalue weighted by Crippen LogP contribution is 2.35. The van der Waals surface area contributed by atoms with Crippen molar-refractivity contribution in [3.05, 3.63) is 11.1 Å². The van der Waals surface area contributed by atoms with Crippen molar-refractivity contribution in [1.29, 1.82) is 0 Å². The van der Waals surface area contributed by atoms with Crippen LogP contribution in [-0.2, 0) is 14.3 Å². The van der Waals surface area contributed by atoms with Crippen LogP contribution in [0.4, 0.5) is 0 Å². The summed E-state index contributed by atoms with van der Waals surface area (Å²) in [6, 6.07) is 0. The van der Waals surface area contributed by atoms with Crippen LogP contribution in [0.25, 0.3) is 0 Å². The molecular weight excluding hydrogens is 216 g/mol. The van der Waals surface area contributed by atoms with E-state index >= 15 is 0 Å². The number of ether oxygens (including phenoxy) is 1. The van der Waals surface area contributed by atoms with Gasteiger partial charge in [0.2, 0.25) is 0 Å². The summed E-state index contributed by atoms with van der Waals surface area (Å²) in [6.45, 7) is 2.13. The molecule has 0 aromatic rings. The van der Waals surface area contributed by atoms with E-state index in [2.05, 4.69) is 0 Å². The fourth-order valence-corrected chi connectivity index (χ4v) is 2.85. The number of carbonyl (C=O) groups excluding carboxylic acids is 2. The van der Waals surface area contributed by atoms with Crippen LogP contribution in [0, 0.1) is 5.92 Å². The molecule has 2 aliphatic carbocycles. The van der Waals surface area contributed by atoms with E-state index in [-0.39, 0.29) is 11.8 Å². The van der Waals surface area contributed by atoms with Crippen LogP contribution in [0.3, 0.4) is 0 Å². The van der Waals surface area contributed by atoms with Crippen LogP contribution >= 0.6 is 0 Å². The zero-order valence-electron chi connectivity index (χ0n) is 10.5. The first kappa shape index (κ1) is 12.3. The van der Waals surface area contributed by atoms with Crippen molar-refractivity contribution in [2.24, 2.45) is 5.92 Å². The number of ketones is 1. The fraction of sp³-hybridized carbons (Fsp3) is 0.714. The van der Waals surface area contributed by atoms with Crippen LogP contribution in [0.2, 0.25) is 0 Å². The average molecular weight is 236 g/mol. The molecular formula is C14H20O3. The lowest BCUT2D eigenvalue weighted by Gasteiger charge is -2.23. The Labute approximate surface area is 102 Å². The molecule has 3 nitrogen and oxygen atoms in total. The predicted molar refractivity (Wildman–Crippen MR) is 64.5 cm³/mol. The minimum Gasteiger partial charge on any atom is -0.465 e. The minimum atomic E-state index is -0.521. The standard InChI is InChI=1S/C14H20O3/c1-2-17-14(16)12-9-8-10-6-4-3-5-7-11(10)13(12)15/h12H,2-9H2,1H3. The lowest BCUT2D eigenvalue weighted by atomic mass is 9.81. The second-order valence-electron chi connectivity index (χ2n) is 4.85. The minimum absolute atomic E-state index is 0.0478. The van der Waals surface area contributed by atoms with Gasteiger partial charge >= 0.3 is 5.97 Å². The van der Waals surface area contributed by atoms with Crippen molar-refractivity contribution < 1.29 is 14.3 Å². The summed E-state index contributed by atoms with van der Waals surface area (Å²) in [7, 11) is 0. The molecule has 0 aromatic carbocycles. The van der Waals surface area contributed by atoms with Crippen LogP contribution < -0.4 is 0 Å². The van der Waals surface area contributed by atoms with Crippen LogP contribution in [0.5, 0.6) is 0 Å². The third-order valence-electron chi connectivity index (χ3n) is 3.75. The van der Waals surface area contributed by atoms with E-state index in [1.807, 2.05) is 0 Å². The Kier molecular flexibility index (Phi) is 3.97. The third kappa shape index (κ3) is 2.59. The van der Waals surface area contributed by atoms with Gasteiger partial charge in [-0.25, -0.2) is 0 Å². The summed E-state index contributed by atoms with van der Waals surface area (Å²) in [5.41, 5.74) is 2.26. The van der Waals surface area contributed by atoms with Gasteiger partial charge in [-0.15, -0.1) is 0 Å². The molecule has 3 heteroatoms. The highest BCUT2D eigenvalue weighted by molar-refractivity contribution is 6.09. The molecule has 0 heterocycles. The molecule has 0 amide bonds. The van der Waals surface area contributed by atoms with E-state index in [1.54, 1.807) is 6.92 Å². The van der Waals surface area contributed by atoms with E-state index in [4.69, 9.17) is 4.74 Å². The number of esters is 1. The Hall–Kier alpha value is -1.12. The number of carbonyl (C=O) groups is 2. The second-order valence-corrected chi connectivity index (χ2v) is 4.85. The molecule has 0 saturated heterocycles. The summed E-state index contributed by atoms with van der Waals surface area (Å²) >= 11 is 0. The average Bonchev–Trinajstić information content (AvgIpc) is 2.55. The molecule has 94 valence electrons. The van der Waals surface area contributed by atoms with Crippen molar-refractivity contribution in [2.45, 2.75) is 51.9 Å². The Morgan fingerprint density at radius 2 is 2.00 bits per heavy atom. The van der Waals surface area contributed by atoms with Gasteiger partial charge in [0.05, 0.1) is 6.61 Å². The number of Topliss-reactive ketones (excluding diaryl/α,β-unsaturated/α-hetero) is 1. The van der Waals surface area contributed by atoms with Crippen LogP contribution in [0.15, 0.2) is 11.1 Å². The SMILES string of the molecule is CCOC(=O)C1CCC2=C(CCCCC2)C1=O. The van der Waals surface area contributed by atoms with Gasteiger partial charge in [-0.05, 0) is 51.0 Å². The summed E-state index contributed by atoms with van der Waals surface area (Å²) in [5, 5.41) is 0. The third-order valence-corrected chi connectivity index (χ3v) is 3.75. The van der Waals surface area contributed by atoms with Gasteiger partial charge < -0.3 is 4.74 Å². The zero-order chi connectivity index (χ0) is 12.3. The smallest absolute Gasteiger partial charge is 0.316 e. The van der Waals surface area contributed by atoms with Gasteiger partial charge in [0.15, 0.2) is 5.78 Å². The number of rotatable bonds is 2. The maximum absolute atomic E-state index is 12.3. The van der Waals surface area contributed by atoms with Gasteiger partial charge in [0.1, 0.15) is 5.92 Å². The molecule has 0 N–H and O–H groups in total. The zero-order valence-corrected chi connectivity index (χ0v) is 10.5. The molecule has 2 aliphatic rings. The van der Waals surface area contributed by atoms with E-state index in [0.717, 1.165) is 31.3 Å². The monoisotopic (exact) mass is 236 g/mol. The molecule has 0 radical (unpaired) electrons.